The highest BCUT2D eigenvalue weighted by Crippen LogP contribution is 2.31. The minimum absolute atomic E-state index is 0.288. The molecule has 2 aromatic heterocycles. The first-order valence-corrected chi connectivity index (χ1v) is 7.36. The summed E-state index contributed by atoms with van der Waals surface area (Å²) in [5, 5.41) is 10.4. The topological polar surface area (TPSA) is 56.5 Å². The Bertz CT molecular complexity index is 799. The number of para-hydroxylation sites is 1. The van der Waals surface area contributed by atoms with Crippen molar-refractivity contribution >= 4 is 22.7 Å². The van der Waals surface area contributed by atoms with Crippen LogP contribution >= 0.6 is 11.8 Å². The van der Waals surface area contributed by atoms with Gasteiger partial charge in [-0.25, -0.2) is 14.4 Å². The molecule has 0 aliphatic carbocycles. The quantitative estimate of drug-likeness (QED) is 0.696. The number of hydrogen-bond acceptors (Lipinski definition) is 5. The van der Waals surface area contributed by atoms with Crippen LogP contribution in [0.1, 0.15) is 25.6 Å². The second-order valence-electron chi connectivity index (χ2n) is 4.97. The summed E-state index contributed by atoms with van der Waals surface area (Å²) < 4.78 is 15.7. The molecule has 0 N–H and O–H groups in total. The van der Waals surface area contributed by atoms with E-state index in [-0.39, 0.29) is 11.7 Å². The average molecular weight is 303 g/mol. The monoisotopic (exact) mass is 303 g/mol. The van der Waals surface area contributed by atoms with Crippen molar-refractivity contribution in [3.63, 3.8) is 0 Å². The Morgan fingerprint density at radius 3 is 2.71 bits per heavy atom. The molecular formula is C14H14FN5S. The van der Waals surface area contributed by atoms with Gasteiger partial charge in [0, 0.05) is 18.4 Å². The third-order valence-corrected chi connectivity index (χ3v) is 4.21. The van der Waals surface area contributed by atoms with Gasteiger partial charge in [0.2, 0.25) is 0 Å². The molecule has 0 aliphatic rings. The van der Waals surface area contributed by atoms with Gasteiger partial charge in [0.15, 0.2) is 5.16 Å². The minimum Gasteiger partial charge on any atom is -0.309 e. The molecule has 7 heteroatoms. The molecule has 3 rings (SSSR count). The molecule has 3 aromatic rings. The van der Waals surface area contributed by atoms with Crippen LogP contribution in [0.2, 0.25) is 0 Å². The SMILES string of the molecule is CC(C)c1nnc(Sc2ncnc3c(F)cccc23)n1C. The highest BCUT2D eigenvalue weighted by atomic mass is 32.2. The summed E-state index contributed by atoms with van der Waals surface area (Å²) in [5.74, 6) is 0.844. The van der Waals surface area contributed by atoms with E-state index in [1.54, 1.807) is 12.1 Å². The third kappa shape index (κ3) is 2.49. The van der Waals surface area contributed by atoms with Crippen LogP contribution in [0, 0.1) is 5.82 Å². The minimum atomic E-state index is -0.349. The first-order valence-electron chi connectivity index (χ1n) is 6.54. The van der Waals surface area contributed by atoms with Gasteiger partial charge in [-0.05, 0) is 23.9 Å². The van der Waals surface area contributed by atoms with Gasteiger partial charge in [0.1, 0.15) is 28.5 Å². The Balaban J connectivity index is 2.05. The maximum atomic E-state index is 13.8. The zero-order valence-electron chi connectivity index (χ0n) is 11.9. The molecule has 0 aliphatic heterocycles. The third-order valence-electron chi connectivity index (χ3n) is 3.15. The van der Waals surface area contributed by atoms with Crippen molar-refractivity contribution in [2.45, 2.75) is 29.9 Å². The molecule has 0 saturated carbocycles. The van der Waals surface area contributed by atoms with Gasteiger partial charge in [-0.3, -0.25) is 0 Å². The highest BCUT2D eigenvalue weighted by molar-refractivity contribution is 7.99. The zero-order chi connectivity index (χ0) is 15.0. The van der Waals surface area contributed by atoms with E-state index in [0.29, 0.717) is 15.9 Å². The number of nitrogens with zero attached hydrogens (tertiary/aromatic N) is 5. The fourth-order valence-corrected chi connectivity index (χ4v) is 2.97. The Labute approximate surface area is 125 Å². The maximum Gasteiger partial charge on any atom is 0.197 e. The summed E-state index contributed by atoms with van der Waals surface area (Å²) in [6.07, 6.45) is 1.37. The molecular weight excluding hydrogens is 289 g/mol. The molecule has 21 heavy (non-hydrogen) atoms. The maximum absolute atomic E-state index is 13.8. The lowest BCUT2D eigenvalue weighted by atomic mass is 10.2. The van der Waals surface area contributed by atoms with Crippen LogP contribution in [0.25, 0.3) is 10.9 Å². The molecule has 0 saturated heterocycles. The molecule has 0 radical (unpaired) electrons. The Kier molecular flexibility index (Phi) is 3.59. The number of benzene rings is 1. The van der Waals surface area contributed by atoms with Crippen molar-refractivity contribution in [2.24, 2.45) is 7.05 Å². The molecule has 0 spiro atoms. The van der Waals surface area contributed by atoms with Gasteiger partial charge in [0.25, 0.3) is 0 Å². The lowest BCUT2D eigenvalue weighted by Crippen LogP contribution is -2.01. The van der Waals surface area contributed by atoms with E-state index in [1.165, 1.54) is 24.2 Å². The van der Waals surface area contributed by atoms with E-state index in [4.69, 9.17) is 0 Å². The lowest BCUT2D eigenvalue weighted by molar-refractivity contribution is 0.636. The van der Waals surface area contributed by atoms with Crippen molar-refractivity contribution in [3.8, 4) is 0 Å². The van der Waals surface area contributed by atoms with Crippen LogP contribution in [-0.2, 0) is 7.05 Å². The van der Waals surface area contributed by atoms with E-state index in [9.17, 15) is 4.39 Å². The molecule has 0 bridgehead atoms. The van der Waals surface area contributed by atoms with E-state index < -0.39 is 0 Å². The summed E-state index contributed by atoms with van der Waals surface area (Å²) in [4.78, 5) is 8.24. The van der Waals surface area contributed by atoms with Gasteiger partial charge >= 0.3 is 0 Å². The molecule has 5 nitrogen and oxygen atoms in total. The first-order chi connectivity index (χ1) is 10.1. The number of aromatic nitrogens is 5. The van der Waals surface area contributed by atoms with Crippen LogP contribution in [0.4, 0.5) is 4.39 Å². The van der Waals surface area contributed by atoms with Crippen LogP contribution in [0.3, 0.4) is 0 Å². The second kappa shape index (κ2) is 5.40. The smallest absolute Gasteiger partial charge is 0.197 e. The molecule has 0 atom stereocenters. The predicted molar refractivity (Wildman–Crippen MR) is 78.7 cm³/mol. The predicted octanol–water partition coefficient (Wildman–Crippen LogP) is 3.17. The Morgan fingerprint density at radius 1 is 1.19 bits per heavy atom. The summed E-state index contributed by atoms with van der Waals surface area (Å²) in [6, 6.07) is 4.85. The average Bonchev–Trinajstić information content (AvgIpc) is 2.82. The molecule has 0 fully saturated rings. The second-order valence-corrected chi connectivity index (χ2v) is 5.93. The van der Waals surface area contributed by atoms with E-state index in [2.05, 4.69) is 34.0 Å². The highest BCUT2D eigenvalue weighted by Gasteiger charge is 2.15. The van der Waals surface area contributed by atoms with Gasteiger partial charge in [-0.2, -0.15) is 0 Å². The van der Waals surface area contributed by atoms with Gasteiger partial charge in [0.05, 0.1) is 0 Å². The fraction of sp³-hybridized carbons (Fsp3) is 0.286. The van der Waals surface area contributed by atoms with E-state index in [1.807, 2.05) is 11.6 Å². The van der Waals surface area contributed by atoms with Crippen LogP contribution in [0.15, 0.2) is 34.7 Å². The fourth-order valence-electron chi connectivity index (χ4n) is 2.11. The van der Waals surface area contributed by atoms with Crippen LogP contribution in [0.5, 0.6) is 0 Å². The van der Waals surface area contributed by atoms with Gasteiger partial charge in [-0.15, -0.1) is 10.2 Å². The van der Waals surface area contributed by atoms with Gasteiger partial charge in [-0.1, -0.05) is 19.9 Å². The van der Waals surface area contributed by atoms with Crippen molar-refractivity contribution in [1.82, 2.24) is 24.7 Å². The summed E-state index contributed by atoms with van der Waals surface area (Å²) in [6.45, 7) is 4.13. The lowest BCUT2D eigenvalue weighted by Gasteiger charge is -2.07. The number of fused-ring (bicyclic) bond motifs is 1. The molecule has 2 heterocycles. The van der Waals surface area contributed by atoms with Crippen molar-refractivity contribution < 1.29 is 4.39 Å². The number of halogens is 1. The number of hydrogen-bond donors (Lipinski definition) is 0. The van der Waals surface area contributed by atoms with E-state index >= 15 is 0 Å². The van der Waals surface area contributed by atoms with E-state index in [0.717, 1.165) is 11.0 Å². The van der Waals surface area contributed by atoms with Crippen LogP contribution in [-0.4, -0.2) is 24.7 Å². The van der Waals surface area contributed by atoms with Gasteiger partial charge < -0.3 is 4.57 Å². The van der Waals surface area contributed by atoms with Crippen LogP contribution < -0.4 is 0 Å². The first kappa shape index (κ1) is 13.9. The molecule has 0 unspecified atom stereocenters. The van der Waals surface area contributed by atoms with Crippen molar-refractivity contribution in [2.75, 3.05) is 0 Å². The molecule has 108 valence electrons. The van der Waals surface area contributed by atoms with Crippen molar-refractivity contribution in [1.29, 1.82) is 0 Å². The number of rotatable bonds is 3. The summed E-state index contributed by atoms with van der Waals surface area (Å²) in [5.41, 5.74) is 0.321. The summed E-state index contributed by atoms with van der Waals surface area (Å²) in [7, 11) is 1.92. The standard InChI is InChI=1S/C14H14FN5S/c1-8(2)12-18-19-14(20(12)3)21-13-9-5-4-6-10(15)11(9)16-7-17-13/h4-8H,1-3H3. The summed E-state index contributed by atoms with van der Waals surface area (Å²) >= 11 is 1.36. The van der Waals surface area contributed by atoms with Crippen molar-refractivity contribution in [3.05, 3.63) is 36.2 Å². The normalized spacial score (nSPS) is 11.5. The Morgan fingerprint density at radius 2 is 2.00 bits per heavy atom. The molecule has 0 amide bonds. The largest absolute Gasteiger partial charge is 0.309 e. The Hall–Kier alpha value is -2.02. The molecule has 1 aromatic carbocycles. The zero-order valence-corrected chi connectivity index (χ0v) is 12.7.